The smallest absolute Gasteiger partial charge is 0.331 e. The van der Waals surface area contributed by atoms with Crippen LogP contribution < -0.4 is 5.32 Å². The maximum atomic E-state index is 15.2. The fourth-order valence-electron chi connectivity index (χ4n) is 7.04. The molecular formula is C33H41FN4O2. The molecule has 0 aromatic carbocycles. The molecule has 0 radical (unpaired) electrons. The lowest BCUT2D eigenvalue weighted by atomic mass is 9.85. The van der Waals surface area contributed by atoms with Gasteiger partial charge in [0.1, 0.15) is 11.4 Å². The fraction of sp³-hybridized carbons (Fsp3) is 0.515. The number of carbonyl (C=O) groups excluding carboxylic acids is 1. The van der Waals surface area contributed by atoms with E-state index in [1.807, 2.05) is 26.8 Å². The van der Waals surface area contributed by atoms with Crippen molar-refractivity contribution in [3.63, 3.8) is 0 Å². The van der Waals surface area contributed by atoms with Crippen LogP contribution in [0.2, 0.25) is 0 Å². The molecule has 40 heavy (non-hydrogen) atoms. The first-order chi connectivity index (χ1) is 19.2. The number of halogens is 1. The molecule has 2 aliphatic carbocycles. The zero-order valence-electron chi connectivity index (χ0n) is 24.2. The minimum atomic E-state index is -0.456. The standard InChI is InChI=1S/C33H41FN4O2/c1-33(2,3)40-29(39)17-21-9-11-24(12-10-21)38-15-6-7-22(13-16-38)27-19-28-30-23(20-37(28)4)18-26(34)25-8-5-14-35-31(25)32(30)36-27/h5,7-8,14,17-18,20,24,27-28,36H,6,9-13,15-16,19H2,1-4H3. The van der Waals surface area contributed by atoms with E-state index in [2.05, 4.69) is 39.4 Å². The Morgan fingerprint density at radius 2 is 2.00 bits per heavy atom. The molecule has 0 saturated heterocycles. The molecule has 1 aromatic rings. The molecular weight excluding hydrogens is 503 g/mol. The third-order valence-electron chi connectivity index (χ3n) is 8.91. The minimum absolute atomic E-state index is 0.199. The van der Waals surface area contributed by atoms with Crippen LogP contribution in [0.25, 0.3) is 11.5 Å². The van der Waals surface area contributed by atoms with Crippen molar-refractivity contribution in [2.24, 2.45) is 0 Å². The molecule has 6 nitrogen and oxygen atoms in total. The Kier molecular flexibility index (Phi) is 7.19. The number of pyridine rings is 1. The molecule has 1 N–H and O–H groups in total. The number of aromatic nitrogens is 1. The van der Waals surface area contributed by atoms with Gasteiger partial charge < -0.3 is 15.0 Å². The number of allylic oxidation sites excluding steroid dienone is 2. The highest BCUT2D eigenvalue weighted by Crippen LogP contribution is 2.44. The molecule has 6 rings (SSSR count). The van der Waals surface area contributed by atoms with E-state index in [0.29, 0.717) is 17.3 Å². The molecule has 0 spiro atoms. The number of hydrogen-bond donors (Lipinski definition) is 1. The Hall–Kier alpha value is -3.19. The zero-order chi connectivity index (χ0) is 28.0. The van der Waals surface area contributed by atoms with Crippen molar-refractivity contribution in [1.82, 2.24) is 20.1 Å². The number of esters is 1. The van der Waals surface area contributed by atoms with Crippen LogP contribution in [0.3, 0.4) is 0 Å². The van der Waals surface area contributed by atoms with Gasteiger partial charge in [-0.25, -0.2) is 9.18 Å². The van der Waals surface area contributed by atoms with E-state index in [0.717, 1.165) is 69.3 Å². The predicted octanol–water partition coefficient (Wildman–Crippen LogP) is 5.91. The van der Waals surface area contributed by atoms with Gasteiger partial charge in [0.25, 0.3) is 0 Å². The summed E-state index contributed by atoms with van der Waals surface area (Å²) >= 11 is 0. The van der Waals surface area contributed by atoms with Crippen LogP contribution in [-0.2, 0) is 9.53 Å². The summed E-state index contributed by atoms with van der Waals surface area (Å²) in [5, 5.41) is 3.84. The predicted molar refractivity (Wildman–Crippen MR) is 156 cm³/mol. The highest BCUT2D eigenvalue weighted by Gasteiger charge is 2.40. The second-order valence-corrected chi connectivity index (χ2v) is 12.8. The number of nitrogens with one attached hydrogen (secondary N) is 1. The van der Waals surface area contributed by atoms with Gasteiger partial charge in [0.2, 0.25) is 0 Å². The Labute approximate surface area is 237 Å². The van der Waals surface area contributed by atoms with E-state index in [1.54, 1.807) is 24.4 Å². The molecule has 0 bridgehead atoms. The maximum Gasteiger partial charge on any atom is 0.331 e. The van der Waals surface area contributed by atoms with E-state index in [1.165, 1.54) is 16.7 Å². The quantitative estimate of drug-likeness (QED) is 0.290. The topological polar surface area (TPSA) is 57.7 Å². The Morgan fingerprint density at radius 1 is 1.20 bits per heavy atom. The van der Waals surface area contributed by atoms with Crippen molar-refractivity contribution < 1.29 is 13.9 Å². The average molecular weight is 545 g/mol. The fourth-order valence-corrected chi connectivity index (χ4v) is 7.04. The van der Waals surface area contributed by atoms with E-state index in [-0.39, 0.29) is 23.9 Å². The van der Waals surface area contributed by atoms with Gasteiger partial charge in [-0.1, -0.05) is 17.2 Å². The van der Waals surface area contributed by atoms with Gasteiger partial charge >= 0.3 is 5.97 Å². The highest BCUT2D eigenvalue weighted by atomic mass is 19.1. The highest BCUT2D eigenvalue weighted by molar-refractivity contribution is 5.85. The summed E-state index contributed by atoms with van der Waals surface area (Å²) in [6.07, 6.45) is 16.8. The summed E-state index contributed by atoms with van der Waals surface area (Å²) in [4.78, 5) is 21.8. The summed E-state index contributed by atoms with van der Waals surface area (Å²) < 4.78 is 20.7. The van der Waals surface area contributed by atoms with Gasteiger partial charge in [-0.2, -0.15) is 0 Å². The van der Waals surface area contributed by atoms with E-state index >= 15 is 4.39 Å². The van der Waals surface area contributed by atoms with Crippen LogP contribution >= 0.6 is 0 Å². The number of hydrogen-bond acceptors (Lipinski definition) is 6. The van der Waals surface area contributed by atoms with Crippen LogP contribution in [0.4, 0.5) is 4.39 Å². The third kappa shape index (κ3) is 5.40. The first-order valence-corrected chi connectivity index (χ1v) is 14.8. The lowest BCUT2D eigenvalue weighted by Gasteiger charge is -2.37. The van der Waals surface area contributed by atoms with Crippen LogP contribution in [0.1, 0.15) is 77.0 Å². The van der Waals surface area contributed by atoms with Gasteiger partial charge in [-0.05, 0) is 83.9 Å². The van der Waals surface area contributed by atoms with Crippen molar-refractivity contribution in [3.05, 3.63) is 76.3 Å². The second-order valence-electron chi connectivity index (χ2n) is 12.8. The third-order valence-corrected chi connectivity index (χ3v) is 8.91. The van der Waals surface area contributed by atoms with Crippen molar-refractivity contribution in [3.8, 4) is 0 Å². The van der Waals surface area contributed by atoms with Gasteiger partial charge in [-0.15, -0.1) is 0 Å². The molecule has 0 amide bonds. The largest absolute Gasteiger partial charge is 0.457 e. The Balaban J connectivity index is 1.12. The zero-order valence-corrected chi connectivity index (χ0v) is 24.2. The van der Waals surface area contributed by atoms with E-state index in [9.17, 15) is 4.79 Å². The molecule has 5 aliphatic rings. The molecule has 2 atom stereocenters. The average Bonchev–Trinajstić information content (AvgIpc) is 3.05. The van der Waals surface area contributed by atoms with E-state index in [4.69, 9.17) is 4.74 Å². The first-order valence-electron chi connectivity index (χ1n) is 14.8. The number of carbonyl (C=O) groups is 1. The lowest BCUT2D eigenvalue weighted by Crippen LogP contribution is -2.43. The number of likely N-dealkylation sites (N-methyl/N-ethyl adjacent to an activating group) is 1. The van der Waals surface area contributed by atoms with E-state index < -0.39 is 5.60 Å². The Morgan fingerprint density at radius 3 is 2.77 bits per heavy atom. The SMILES string of the molecule is CN1C=C2C=C(F)c3cccnc3C3=C2C1CC(C1=CCCN(C2CCC(=CC(=O)OC(C)(C)C)CC2)CC1)N3. The second kappa shape index (κ2) is 10.7. The van der Waals surface area contributed by atoms with Gasteiger partial charge in [0, 0.05) is 67.4 Å². The van der Waals surface area contributed by atoms with Crippen molar-refractivity contribution >= 4 is 17.5 Å². The molecule has 4 heterocycles. The van der Waals surface area contributed by atoms with Crippen molar-refractivity contribution in [2.45, 2.75) is 89.4 Å². The van der Waals surface area contributed by atoms with Crippen LogP contribution in [0.5, 0.6) is 0 Å². The maximum absolute atomic E-state index is 15.2. The normalized spacial score (nSPS) is 26.9. The van der Waals surface area contributed by atoms with Crippen molar-refractivity contribution in [2.75, 3.05) is 20.1 Å². The summed E-state index contributed by atoms with van der Waals surface area (Å²) in [5.74, 6) is -0.444. The summed E-state index contributed by atoms with van der Waals surface area (Å²) in [5.41, 5.74) is 6.58. The molecule has 7 heteroatoms. The molecule has 1 aromatic heterocycles. The summed E-state index contributed by atoms with van der Waals surface area (Å²) in [6.45, 7) is 7.83. The lowest BCUT2D eigenvalue weighted by molar-refractivity contribution is -0.148. The Bertz CT molecular complexity index is 1340. The number of nitrogens with zero attached hydrogens (tertiary/aromatic N) is 3. The summed E-state index contributed by atoms with van der Waals surface area (Å²) in [7, 11) is 2.10. The number of fused-ring (bicyclic) bond motifs is 2. The van der Waals surface area contributed by atoms with Crippen LogP contribution in [0, 0.1) is 0 Å². The number of ether oxygens (including phenoxy) is 1. The molecule has 2 unspecified atom stereocenters. The van der Waals surface area contributed by atoms with Crippen molar-refractivity contribution in [1.29, 1.82) is 0 Å². The molecule has 212 valence electrons. The first kappa shape index (κ1) is 27.0. The van der Waals surface area contributed by atoms with Crippen LogP contribution in [0.15, 0.2) is 65.1 Å². The molecule has 1 saturated carbocycles. The minimum Gasteiger partial charge on any atom is -0.457 e. The van der Waals surface area contributed by atoms with Crippen LogP contribution in [-0.4, -0.2) is 64.6 Å². The van der Waals surface area contributed by atoms with Gasteiger partial charge in [0.05, 0.1) is 17.4 Å². The monoisotopic (exact) mass is 544 g/mol. The van der Waals surface area contributed by atoms with Gasteiger partial charge in [0.15, 0.2) is 0 Å². The summed E-state index contributed by atoms with van der Waals surface area (Å²) in [6, 6.07) is 4.60. The number of rotatable bonds is 3. The molecule has 3 aliphatic heterocycles. The molecule has 1 fully saturated rings. The van der Waals surface area contributed by atoms with Gasteiger partial charge in [-0.3, -0.25) is 9.88 Å².